The first-order valence-corrected chi connectivity index (χ1v) is 6.91. The Bertz CT molecular complexity index is 778. The normalized spacial score (nSPS) is 10.8. The van der Waals surface area contributed by atoms with E-state index in [2.05, 4.69) is 17.1 Å². The van der Waals surface area contributed by atoms with E-state index < -0.39 is 0 Å². The molecular weight excluding hydrogens is 254 g/mol. The van der Waals surface area contributed by atoms with Crippen LogP contribution in [0.4, 0.5) is 0 Å². The standard InChI is InChI=1S/C16H13NOS/c1-11-6-5-9-13-15(11)14(10-17-16(13)18)19-12-7-3-2-4-8-12/h2-10H,1H3,(H,17,18). The van der Waals surface area contributed by atoms with Crippen molar-refractivity contribution in [2.75, 3.05) is 0 Å². The molecule has 0 atom stereocenters. The summed E-state index contributed by atoms with van der Waals surface area (Å²) in [7, 11) is 0. The van der Waals surface area contributed by atoms with E-state index in [1.54, 1.807) is 18.0 Å². The zero-order chi connectivity index (χ0) is 13.2. The first kappa shape index (κ1) is 12.1. The highest BCUT2D eigenvalue weighted by Crippen LogP contribution is 2.33. The number of rotatable bonds is 2. The maximum Gasteiger partial charge on any atom is 0.255 e. The van der Waals surface area contributed by atoms with E-state index in [4.69, 9.17) is 0 Å². The summed E-state index contributed by atoms with van der Waals surface area (Å²) >= 11 is 1.67. The van der Waals surface area contributed by atoms with Crippen molar-refractivity contribution in [2.24, 2.45) is 0 Å². The molecule has 0 unspecified atom stereocenters. The maximum atomic E-state index is 11.9. The Morgan fingerprint density at radius 2 is 1.79 bits per heavy atom. The molecule has 94 valence electrons. The fourth-order valence-corrected chi connectivity index (χ4v) is 3.20. The molecule has 0 aliphatic heterocycles. The number of pyridine rings is 1. The van der Waals surface area contributed by atoms with Gasteiger partial charge in [-0.15, -0.1) is 0 Å². The van der Waals surface area contributed by atoms with Gasteiger partial charge in [0, 0.05) is 26.8 Å². The number of hydrogen-bond donors (Lipinski definition) is 1. The molecule has 2 aromatic carbocycles. The molecule has 1 aromatic heterocycles. The Kier molecular flexibility index (Phi) is 3.13. The summed E-state index contributed by atoms with van der Waals surface area (Å²) in [5.74, 6) is 0. The summed E-state index contributed by atoms with van der Waals surface area (Å²) in [4.78, 5) is 16.9. The second kappa shape index (κ2) is 4.94. The molecule has 0 fully saturated rings. The van der Waals surface area contributed by atoms with Crippen LogP contribution in [0.3, 0.4) is 0 Å². The summed E-state index contributed by atoms with van der Waals surface area (Å²) < 4.78 is 0. The molecule has 0 bridgehead atoms. The highest BCUT2D eigenvalue weighted by molar-refractivity contribution is 7.99. The van der Waals surface area contributed by atoms with Crippen molar-refractivity contribution >= 4 is 22.5 Å². The van der Waals surface area contributed by atoms with Crippen molar-refractivity contribution in [3.8, 4) is 0 Å². The lowest BCUT2D eigenvalue weighted by Crippen LogP contribution is -2.06. The molecule has 0 aliphatic carbocycles. The molecule has 0 amide bonds. The van der Waals surface area contributed by atoms with Gasteiger partial charge in [0.1, 0.15) is 0 Å². The minimum atomic E-state index is -0.0314. The molecule has 0 saturated carbocycles. The van der Waals surface area contributed by atoms with Crippen LogP contribution in [-0.2, 0) is 0 Å². The van der Waals surface area contributed by atoms with Crippen LogP contribution in [-0.4, -0.2) is 4.98 Å². The van der Waals surface area contributed by atoms with Crippen LogP contribution in [0.5, 0.6) is 0 Å². The van der Waals surface area contributed by atoms with E-state index in [0.29, 0.717) is 0 Å². The Hall–Kier alpha value is -2.00. The largest absolute Gasteiger partial charge is 0.327 e. The average Bonchev–Trinajstić information content (AvgIpc) is 2.43. The smallest absolute Gasteiger partial charge is 0.255 e. The van der Waals surface area contributed by atoms with Gasteiger partial charge < -0.3 is 4.98 Å². The summed E-state index contributed by atoms with van der Waals surface area (Å²) in [6.45, 7) is 2.04. The van der Waals surface area contributed by atoms with Crippen LogP contribution in [0.15, 0.2) is 69.3 Å². The molecule has 19 heavy (non-hydrogen) atoms. The highest BCUT2D eigenvalue weighted by atomic mass is 32.2. The quantitative estimate of drug-likeness (QED) is 0.761. The third-order valence-corrected chi connectivity index (χ3v) is 4.12. The fourth-order valence-electron chi connectivity index (χ4n) is 2.16. The molecule has 0 spiro atoms. The fraction of sp³-hybridized carbons (Fsp3) is 0.0625. The molecule has 3 heteroatoms. The number of hydrogen-bond acceptors (Lipinski definition) is 2. The minimum Gasteiger partial charge on any atom is -0.327 e. The Morgan fingerprint density at radius 1 is 1.00 bits per heavy atom. The summed E-state index contributed by atoms with van der Waals surface area (Å²) in [6.07, 6.45) is 1.80. The number of aromatic nitrogens is 1. The monoisotopic (exact) mass is 267 g/mol. The van der Waals surface area contributed by atoms with E-state index in [9.17, 15) is 4.79 Å². The molecule has 0 saturated heterocycles. The van der Waals surface area contributed by atoms with Crippen molar-refractivity contribution in [3.05, 3.63) is 70.6 Å². The second-order valence-electron chi connectivity index (χ2n) is 4.39. The van der Waals surface area contributed by atoms with Gasteiger partial charge in [-0.3, -0.25) is 4.79 Å². The Morgan fingerprint density at radius 3 is 2.58 bits per heavy atom. The van der Waals surface area contributed by atoms with Crippen LogP contribution >= 0.6 is 11.8 Å². The van der Waals surface area contributed by atoms with Gasteiger partial charge in [0.2, 0.25) is 0 Å². The molecule has 3 aromatic rings. The first-order valence-electron chi connectivity index (χ1n) is 6.09. The van der Waals surface area contributed by atoms with Gasteiger partial charge in [0.25, 0.3) is 5.56 Å². The van der Waals surface area contributed by atoms with Gasteiger partial charge >= 0.3 is 0 Å². The Labute approximate surface area is 115 Å². The van der Waals surface area contributed by atoms with E-state index in [-0.39, 0.29) is 5.56 Å². The predicted molar refractivity (Wildman–Crippen MR) is 79.9 cm³/mol. The van der Waals surface area contributed by atoms with Crippen molar-refractivity contribution in [3.63, 3.8) is 0 Å². The molecular formula is C16H13NOS. The number of aromatic amines is 1. The van der Waals surface area contributed by atoms with Gasteiger partial charge in [-0.2, -0.15) is 0 Å². The van der Waals surface area contributed by atoms with Crippen molar-refractivity contribution in [1.29, 1.82) is 0 Å². The zero-order valence-corrected chi connectivity index (χ0v) is 11.3. The van der Waals surface area contributed by atoms with E-state index in [0.717, 1.165) is 21.2 Å². The number of H-pyrrole nitrogens is 1. The molecule has 1 heterocycles. The first-order chi connectivity index (χ1) is 9.25. The minimum absolute atomic E-state index is 0.0314. The van der Waals surface area contributed by atoms with Gasteiger partial charge in [0.15, 0.2) is 0 Å². The van der Waals surface area contributed by atoms with Crippen molar-refractivity contribution in [1.82, 2.24) is 4.98 Å². The predicted octanol–water partition coefficient (Wildman–Crippen LogP) is 3.99. The van der Waals surface area contributed by atoms with Crippen molar-refractivity contribution < 1.29 is 0 Å². The molecule has 1 N–H and O–H groups in total. The van der Waals surface area contributed by atoms with Crippen LogP contribution in [0.1, 0.15) is 5.56 Å². The molecule has 2 nitrogen and oxygen atoms in total. The van der Waals surface area contributed by atoms with Crippen LogP contribution in [0, 0.1) is 6.92 Å². The zero-order valence-electron chi connectivity index (χ0n) is 10.5. The van der Waals surface area contributed by atoms with E-state index in [1.807, 2.05) is 43.3 Å². The number of benzene rings is 2. The van der Waals surface area contributed by atoms with Crippen LogP contribution in [0.2, 0.25) is 0 Å². The number of nitrogens with one attached hydrogen (secondary N) is 1. The maximum absolute atomic E-state index is 11.9. The number of aryl methyl sites for hydroxylation is 1. The lowest BCUT2D eigenvalue weighted by atomic mass is 10.1. The topological polar surface area (TPSA) is 32.9 Å². The lowest BCUT2D eigenvalue weighted by molar-refractivity contribution is 1.21. The molecule has 0 aliphatic rings. The average molecular weight is 267 g/mol. The summed E-state index contributed by atoms with van der Waals surface area (Å²) in [5, 5.41) is 1.79. The third-order valence-electron chi connectivity index (χ3n) is 3.07. The third kappa shape index (κ3) is 2.29. The van der Waals surface area contributed by atoms with Crippen molar-refractivity contribution in [2.45, 2.75) is 16.7 Å². The highest BCUT2D eigenvalue weighted by Gasteiger charge is 2.08. The van der Waals surface area contributed by atoms with E-state index in [1.165, 1.54) is 4.90 Å². The second-order valence-corrected chi connectivity index (χ2v) is 5.51. The van der Waals surface area contributed by atoms with Gasteiger partial charge in [0.05, 0.1) is 0 Å². The van der Waals surface area contributed by atoms with Gasteiger partial charge in [-0.1, -0.05) is 42.1 Å². The van der Waals surface area contributed by atoms with Crippen LogP contribution in [0.25, 0.3) is 10.8 Å². The van der Waals surface area contributed by atoms with Gasteiger partial charge in [-0.05, 0) is 30.7 Å². The molecule has 0 radical (unpaired) electrons. The Balaban J connectivity index is 2.20. The van der Waals surface area contributed by atoms with Gasteiger partial charge in [-0.25, -0.2) is 0 Å². The number of fused-ring (bicyclic) bond motifs is 1. The van der Waals surface area contributed by atoms with Crippen LogP contribution < -0.4 is 5.56 Å². The van der Waals surface area contributed by atoms with E-state index >= 15 is 0 Å². The summed E-state index contributed by atoms with van der Waals surface area (Å²) in [5.41, 5.74) is 1.10. The SMILES string of the molecule is Cc1cccc2c(=O)[nH]cc(Sc3ccccc3)c12. The lowest BCUT2D eigenvalue weighted by Gasteiger charge is -2.08. The summed E-state index contributed by atoms with van der Waals surface area (Å²) in [6, 6.07) is 16.0. The molecule has 3 rings (SSSR count).